The Hall–Kier alpha value is -0.470. The highest BCUT2D eigenvalue weighted by molar-refractivity contribution is 6.44. The van der Waals surface area contributed by atoms with Crippen molar-refractivity contribution >= 4 is 46.4 Å². The maximum Gasteiger partial charge on any atom is 0.0607 e. The summed E-state index contributed by atoms with van der Waals surface area (Å²) in [5, 5.41) is 1.92. The summed E-state index contributed by atoms with van der Waals surface area (Å²) in [5.74, 6) is 0. The molecule has 0 spiro atoms. The van der Waals surface area contributed by atoms with Crippen molar-refractivity contribution < 1.29 is 0 Å². The lowest BCUT2D eigenvalue weighted by Crippen LogP contribution is -1.83. The van der Waals surface area contributed by atoms with Crippen molar-refractivity contribution in [2.24, 2.45) is 0 Å². The Morgan fingerprint density at radius 2 is 1.44 bits per heavy atom. The van der Waals surface area contributed by atoms with Gasteiger partial charge in [-0.2, -0.15) is 0 Å². The summed E-state index contributed by atoms with van der Waals surface area (Å²) in [6.07, 6.45) is 3.22. The first kappa shape index (κ1) is 12.0. The van der Waals surface area contributed by atoms with Crippen molar-refractivity contribution in [1.82, 2.24) is 4.98 Å². The van der Waals surface area contributed by atoms with E-state index in [9.17, 15) is 0 Å². The normalized spacial score (nSPS) is 10.5. The second kappa shape index (κ2) is 4.80. The molecule has 1 nitrogen and oxygen atoms in total. The van der Waals surface area contributed by atoms with Crippen LogP contribution in [0.15, 0.2) is 30.6 Å². The van der Waals surface area contributed by atoms with E-state index in [1.165, 1.54) is 0 Å². The van der Waals surface area contributed by atoms with E-state index in [-0.39, 0.29) is 0 Å². The molecule has 0 saturated heterocycles. The molecule has 2 aromatic rings. The first-order valence-electron chi connectivity index (χ1n) is 4.33. The first-order valence-corrected chi connectivity index (χ1v) is 5.84. The van der Waals surface area contributed by atoms with Gasteiger partial charge in [0, 0.05) is 23.5 Å². The minimum absolute atomic E-state index is 0.422. The van der Waals surface area contributed by atoms with Crippen LogP contribution in [0.5, 0.6) is 0 Å². The molecule has 0 bridgehead atoms. The largest absolute Gasteiger partial charge is 0.263 e. The summed E-state index contributed by atoms with van der Waals surface area (Å²) >= 11 is 23.7. The summed E-state index contributed by atoms with van der Waals surface area (Å²) in [6, 6.07) is 5.06. The highest BCUT2D eigenvalue weighted by Crippen LogP contribution is 2.35. The quantitative estimate of drug-likeness (QED) is 0.645. The zero-order valence-corrected chi connectivity index (χ0v) is 10.9. The van der Waals surface area contributed by atoms with Gasteiger partial charge in [-0.1, -0.05) is 46.4 Å². The molecule has 0 aliphatic rings. The van der Waals surface area contributed by atoms with E-state index in [4.69, 9.17) is 46.4 Å². The third kappa shape index (κ3) is 2.44. The fourth-order valence-electron chi connectivity index (χ4n) is 1.30. The Morgan fingerprint density at radius 1 is 0.750 bits per heavy atom. The van der Waals surface area contributed by atoms with Crippen molar-refractivity contribution in [3.8, 4) is 11.1 Å². The fraction of sp³-hybridized carbons (Fsp3) is 0. The molecule has 0 N–H and O–H groups in total. The molecule has 0 radical (unpaired) electrons. The van der Waals surface area contributed by atoms with E-state index >= 15 is 0 Å². The van der Waals surface area contributed by atoms with Crippen LogP contribution in [0.1, 0.15) is 0 Å². The number of rotatable bonds is 1. The van der Waals surface area contributed by atoms with Crippen molar-refractivity contribution in [2.75, 3.05) is 0 Å². The predicted octanol–water partition coefficient (Wildman–Crippen LogP) is 5.36. The van der Waals surface area contributed by atoms with Crippen LogP contribution in [0.4, 0.5) is 0 Å². The Labute approximate surface area is 113 Å². The smallest absolute Gasteiger partial charge is 0.0607 e. The van der Waals surface area contributed by atoms with E-state index in [2.05, 4.69) is 4.98 Å². The lowest BCUT2D eigenvalue weighted by Gasteiger charge is -2.06. The highest BCUT2D eigenvalue weighted by Gasteiger charge is 2.08. The molecule has 1 aromatic carbocycles. The summed E-state index contributed by atoms with van der Waals surface area (Å²) in [6.45, 7) is 0. The lowest BCUT2D eigenvalue weighted by molar-refractivity contribution is 1.33. The number of hydrogen-bond acceptors (Lipinski definition) is 1. The molecule has 16 heavy (non-hydrogen) atoms. The number of halogens is 4. The number of benzene rings is 1. The van der Waals surface area contributed by atoms with Crippen molar-refractivity contribution in [3.05, 3.63) is 50.7 Å². The van der Waals surface area contributed by atoms with Crippen LogP contribution in [0.2, 0.25) is 20.1 Å². The van der Waals surface area contributed by atoms with Crippen LogP contribution < -0.4 is 0 Å². The Morgan fingerprint density at radius 3 is 2.12 bits per heavy atom. The Kier molecular flexibility index (Phi) is 3.60. The first-order chi connectivity index (χ1) is 7.58. The maximum absolute atomic E-state index is 6.07. The van der Waals surface area contributed by atoms with Crippen LogP contribution in [-0.4, -0.2) is 4.98 Å². The fourth-order valence-corrected chi connectivity index (χ4v) is 2.13. The molecule has 0 atom stereocenters. The minimum Gasteiger partial charge on any atom is -0.263 e. The van der Waals surface area contributed by atoms with Gasteiger partial charge in [0.1, 0.15) is 0 Å². The van der Waals surface area contributed by atoms with Crippen molar-refractivity contribution in [1.29, 1.82) is 0 Å². The molecular formula is C11H5Cl4N. The molecule has 1 heterocycles. The van der Waals surface area contributed by atoms with Gasteiger partial charge in [0.25, 0.3) is 0 Å². The summed E-state index contributed by atoms with van der Waals surface area (Å²) in [7, 11) is 0. The second-order valence-corrected chi connectivity index (χ2v) is 4.80. The average molecular weight is 293 g/mol. The summed E-state index contributed by atoms with van der Waals surface area (Å²) < 4.78 is 0. The predicted molar refractivity (Wildman–Crippen MR) is 69.7 cm³/mol. The molecule has 2 rings (SSSR count). The molecule has 1 aromatic heterocycles. The number of nitrogens with zero attached hydrogens (tertiary/aromatic N) is 1. The van der Waals surface area contributed by atoms with E-state index < -0.39 is 0 Å². The third-order valence-corrected chi connectivity index (χ3v) is 3.27. The van der Waals surface area contributed by atoms with E-state index in [0.717, 1.165) is 11.1 Å². The molecule has 5 heteroatoms. The van der Waals surface area contributed by atoms with Crippen LogP contribution in [0.25, 0.3) is 11.1 Å². The molecule has 0 unspecified atom stereocenters. The van der Waals surface area contributed by atoms with Gasteiger partial charge in [0.15, 0.2) is 0 Å². The van der Waals surface area contributed by atoms with Crippen LogP contribution >= 0.6 is 46.4 Å². The molecule has 0 saturated carbocycles. The van der Waals surface area contributed by atoms with Crippen LogP contribution in [0, 0.1) is 0 Å². The molecule has 82 valence electrons. The van der Waals surface area contributed by atoms with Gasteiger partial charge in [0.2, 0.25) is 0 Å². The summed E-state index contributed by atoms with van der Waals surface area (Å²) in [5.41, 5.74) is 1.56. The number of pyridine rings is 1. The van der Waals surface area contributed by atoms with Gasteiger partial charge in [0.05, 0.1) is 20.1 Å². The van der Waals surface area contributed by atoms with Gasteiger partial charge in [-0.15, -0.1) is 0 Å². The lowest BCUT2D eigenvalue weighted by atomic mass is 10.1. The molecule has 0 aliphatic heterocycles. The van der Waals surface area contributed by atoms with E-state index in [1.807, 2.05) is 0 Å². The topological polar surface area (TPSA) is 12.9 Å². The number of aromatic nitrogens is 1. The standard InChI is InChI=1S/C11H5Cl4N/c12-7-1-6(4-16-5-7)8-2-10(14)11(15)3-9(8)13/h1-5H. The van der Waals surface area contributed by atoms with Gasteiger partial charge in [-0.25, -0.2) is 0 Å². The van der Waals surface area contributed by atoms with Crippen molar-refractivity contribution in [3.63, 3.8) is 0 Å². The van der Waals surface area contributed by atoms with E-state index in [1.54, 1.807) is 30.6 Å². The van der Waals surface area contributed by atoms with Gasteiger partial charge in [-0.3, -0.25) is 4.98 Å². The Bertz CT molecular complexity index is 540. The number of hydrogen-bond donors (Lipinski definition) is 0. The average Bonchev–Trinajstić information content (AvgIpc) is 2.23. The molecule has 0 amide bonds. The van der Waals surface area contributed by atoms with Crippen LogP contribution in [0.3, 0.4) is 0 Å². The Balaban J connectivity index is 2.60. The monoisotopic (exact) mass is 291 g/mol. The van der Waals surface area contributed by atoms with Crippen molar-refractivity contribution in [2.45, 2.75) is 0 Å². The maximum atomic E-state index is 6.07. The summed E-state index contributed by atoms with van der Waals surface area (Å²) in [4.78, 5) is 3.99. The van der Waals surface area contributed by atoms with Gasteiger partial charge < -0.3 is 0 Å². The second-order valence-electron chi connectivity index (χ2n) is 3.14. The molecule has 0 fully saturated rings. The zero-order valence-electron chi connectivity index (χ0n) is 7.85. The zero-order chi connectivity index (χ0) is 11.7. The molecular weight excluding hydrogens is 288 g/mol. The minimum atomic E-state index is 0.422. The van der Waals surface area contributed by atoms with E-state index in [0.29, 0.717) is 20.1 Å². The SMILES string of the molecule is Clc1cncc(-c2cc(Cl)c(Cl)cc2Cl)c1. The van der Waals surface area contributed by atoms with Gasteiger partial charge >= 0.3 is 0 Å². The van der Waals surface area contributed by atoms with Gasteiger partial charge in [-0.05, 0) is 18.2 Å². The van der Waals surface area contributed by atoms with Crippen LogP contribution in [-0.2, 0) is 0 Å². The highest BCUT2D eigenvalue weighted by atomic mass is 35.5. The third-order valence-electron chi connectivity index (χ3n) is 2.03. The molecule has 0 aliphatic carbocycles.